The molecule has 8 nitrogen and oxygen atoms in total. The molecule has 1 aliphatic rings. The van der Waals surface area contributed by atoms with Crippen molar-refractivity contribution in [2.45, 2.75) is 25.6 Å². The second-order valence-corrected chi connectivity index (χ2v) is 8.14. The first-order valence-electron chi connectivity index (χ1n) is 11.2. The molecule has 1 aliphatic heterocycles. The molecule has 2 unspecified atom stereocenters. The number of benzene rings is 2. The summed E-state index contributed by atoms with van der Waals surface area (Å²) in [6.45, 7) is 5.84. The third-order valence-corrected chi connectivity index (χ3v) is 5.51. The zero-order chi connectivity index (χ0) is 24.3. The van der Waals surface area contributed by atoms with Gasteiger partial charge in [0.25, 0.3) is 11.8 Å². The summed E-state index contributed by atoms with van der Waals surface area (Å²) < 4.78 is 5.39. The Labute approximate surface area is 199 Å². The van der Waals surface area contributed by atoms with Gasteiger partial charge in [-0.1, -0.05) is 60.7 Å². The molecule has 34 heavy (non-hydrogen) atoms. The van der Waals surface area contributed by atoms with Crippen molar-refractivity contribution in [3.05, 3.63) is 82.9 Å². The Morgan fingerprint density at radius 2 is 1.56 bits per heavy atom. The lowest BCUT2D eigenvalue weighted by atomic mass is 10.1. The fourth-order valence-electron chi connectivity index (χ4n) is 3.53. The van der Waals surface area contributed by atoms with E-state index < -0.39 is 24.0 Å². The molecule has 2 aromatic rings. The number of hydrogen-bond acceptors (Lipinski definition) is 6. The number of aliphatic hydroxyl groups is 1. The van der Waals surface area contributed by atoms with Gasteiger partial charge in [-0.3, -0.25) is 19.7 Å². The fraction of sp³-hybridized carbons (Fsp3) is 0.308. The SMILES string of the molecule is CC(O)C(NC(=O)c1ccc(C=CC=Cc2ccc(CN3CCOCC3)cc2)cc1)C(=O)NO. The molecule has 0 saturated carbocycles. The molecule has 3 rings (SSSR count). The predicted octanol–water partition coefficient (Wildman–Crippen LogP) is 2.23. The van der Waals surface area contributed by atoms with E-state index in [2.05, 4.69) is 34.5 Å². The molecule has 1 saturated heterocycles. The lowest BCUT2D eigenvalue weighted by Gasteiger charge is -2.26. The summed E-state index contributed by atoms with van der Waals surface area (Å²) in [6, 6.07) is 14.1. The Hall–Kier alpha value is -3.30. The van der Waals surface area contributed by atoms with Crippen molar-refractivity contribution in [3.8, 4) is 0 Å². The molecule has 0 bridgehead atoms. The minimum atomic E-state index is -1.25. The number of amides is 2. The maximum atomic E-state index is 12.3. The first-order valence-corrected chi connectivity index (χ1v) is 11.2. The van der Waals surface area contributed by atoms with E-state index in [4.69, 9.17) is 9.94 Å². The van der Waals surface area contributed by atoms with E-state index in [1.807, 2.05) is 24.3 Å². The maximum absolute atomic E-state index is 12.3. The van der Waals surface area contributed by atoms with E-state index in [0.717, 1.165) is 44.0 Å². The van der Waals surface area contributed by atoms with E-state index in [0.29, 0.717) is 5.56 Å². The van der Waals surface area contributed by atoms with Crippen LogP contribution < -0.4 is 10.8 Å². The Bertz CT molecular complexity index is 994. The zero-order valence-corrected chi connectivity index (χ0v) is 19.2. The van der Waals surface area contributed by atoms with Gasteiger partial charge < -0.3 is 15.2 Å². The van der Waals surface area contributed by atoms with Crippen LogP contribution in [0.25, 0.3) is 12.2 Å². The largest absolute Gasteiger partial charge is 0.391 e. The van der Waals surface area contributed by atoms with Crippen molar-refractivity contribution in [1.29, 1.82) is 0 Å². The summed E-state index contributed by atoms with van der Waals surface area (Å²) in [5, 5.41) is 20.8. The van der Waals surface area contributed by atoms with E-state index in [9.17, 15) is 14.7 Å². The molecular weight excluding hydrogens is 434 g/mol. The maximum Gasteiger partial charge on any atom is 0.268 e. The van der Waals surface area contributed by atoms with Crippen LogP contribution in [-0.2, 0) is 16.1 Å². The smallest absolute Gasteiger partial charge is 0.268 e. The molecule has 1 fully saturated rings. The highest BCUT2D eigenvalue weighted by atomic mass is 16.5. The minimum absolute atomic E-state index is 0.334. The van der Waals surface area contributed by atoms with Crippen molar-refractivity contribution in [2.24, 2.45) is 0 Å². The molecule has 1 heterocycles. The van der Waals surface area contributed by atoms with Crippen LogP contribution >= 0.6 is 0 Å². The number of morpholine rings is 1. The number of nitrogens with one attached hydrogen (secondary N) is 2. The van der Waals surface area contributed by atoms with Crippen LogP contribution in [0.5, 0.6) is 0 Å². The van der Waals surface area contributed by atoms with E-state index in [1.165, 1.54) is 18.0 Å². The summed E-state index contributed by atoms with van der Waals surface area (Å²) in [6.07, 6.45) is 6.66. The molecular formula is C26H31N3O5. The van der Waals surface area contributed by atoms with Gasteiger partial charge in [-0.15, -0.1) is 0 Å². The number of carbonyl (C=O) groups is 2. The van der Waals surface area contributed by atoms with Gasteiger partial charge in [0.15, 0.2) is 0 Å². The Balaban J connectivity index is 1.50. The van der Waals surface area contributed by atoms with Gasteiger partial charge in [0.2, 0.25) is 0 Å². The van der Waals surface area contributed by atoms with E-state index in [-0.39, 0.29) is 0 Å². The molecule has 2 atom stereocenters. The quantitative estimate of drug-likeness (QED) is 0.257. The zero-order valence-electron chi connectivity index (χ0n) is 19.2. The van der Waals surface area contributed by atoms with Crippen LogP contribution in [0.4, 0.5) is 0 Å². The van der Waals surface area contributed by atoms with Crippen molar-refractivity contribution in [2.75, 3.05) is 26.3 Å². The van der Waals surface area contributed by atoms with E-state index in [1.54, 1.807) is 24.3 Å². The van der Waals surface area contributed by atoms with Crippen molar-refractivity contribution < 1.29 is 24.6 Å². The summed E-state index contributed by atoms with van der Waals surface area (Å²) >= 11 is 0. The highest BCUT2D eigenvalue weighted by Gasteiger charge is 2.25. The van der Waals surface area contributed by atoms with Gasteiger partial charge >= 0.3 is 0 Å². The van der Waals surface area contributed by atoms with Gasteiger partial charge in [-0.05, 0) is 35.7 Å². The molecule has 0 spiro atoms. The van der Waals surface area contributed by atoms with Gasteiger partial charge in [-0.2, -0.15) is 0 Å². The number of allylic oxidation sites excluding steroid dienone is 2. The average molecular weight is 466 g/mol. The van der Waals surface area contributed by atoms with Crippen LogP contribution in [-0.4, -0.2) is 65.5 Å². The lowest BCUT2D eigenvalue weighted by molar-refractivity contribution is -0.133. The van der Waals surface area contributed by atoms with Crippen molar-refractivity contribution >= 4 is 24.0 Å². The average Bonchev–Trinajstić information content (AvgIpc) is 2.86. The van der Waals surface area contributed by atoms with Gasteiger partial charge in [0, 0.05) is 25.2 Å². The minimum Gasteiger partial charge on any atom is -0.391 e. The van der Waals surface area contributed by atoms with Crippen LogP contribution in [0.1, 0.15) is 34.0 Å². The van der Waals surface area contributed by atoms with Crippen LogP contribution in [0.15, 0.2) is 60.7 Å². The summed E-state index contributed by atoms with van der Waals surface area (Å²) in [5.74, 6) is -1.41. The molecule has 180 valence electrons. The Kier molecular flexibility index (Phi) is 9.54. The Morgan fingerprint density at radius 1 is 1.00 bits per heavy atom. The van der Waals surface area contributed by atoms with Gasteiger partial charge in [0.1, 0.15) is 6.04 Å². The molecule has 2 amide bonds. The number of hydroxylamine groups is 1. The number of aliphatic hydroxyl groups excluding tert-OH is 1. The monoisotopic (exact) mass is 465 g/mol. The number of carbonyl (C=O) groups excluding carboxylic acids is 2. The second kappa shape index (κ2) is 12.8. The summed E-state index contributed by atoms with van der Waals surface area (Å²) in [7, 11) is 0. The van der Waals surface area contributed by atoms with Crippen LogP contribution in [0.2, 0.25) is 0 Å². The number of hydrogen-bond donors (Lipinski definition) is 4. The number of rotatable bonds is 9. The van der Waals surface area contributed by atoms with Gasteiger partial charge in [0.05, 0.1) is 19.3 Å². The molecule has 0 aromatic heterocycles. The van der Waals surface area contributed by atoms with Crippen molar-refractivity contribution in [3.63, 3.8) is 0 Å². The first-order chi connectivity index (χ1) is 16.5. The van der Waals surface area contributed by atoms with Crippen LogP contribution in [0.3, 0.4) is 0 Å². The molecule has 0 aliphatic carbocycles. The summed E-state index contributed by atoms with van der Waals surface area (Å²) in [4.78, 5) is 26.3. The normalized spacial score (nSPS) is 16.4. The Morgan fingerprint density at radius 3 is 2.09 bits per heavy atom. The molecule has 8 heteroatoms. The number of nitrogens with zero attached hydrogens (tertiary/aromatic N) is 1. The highest BCUT2D eigenvalue weighted by molar-refractivity contribution is 5.97. The first kappa shape index (κ1) is 25.3. The number of ether oxygens (including phenoxy) is 1. The molecule has 2 aromatic carbocycles. The molecule has 0 radical (unpaired) electrons. The third kappa shape index (κ3) is 7.64. The highest BCUT2D eigenvalue weighted by Crippen LogP contribution is 2.11. The summed E-state index contributed by atoms with van der Waals surface area (Å²) in [5.41, 5.74) is 5.08. The van der Waals surface area contributed by atoms with E-state index >= 15 is 0 Å². The standard InChI is InChI=1S/C26H31N3O5/c1-19(30)24(26(32)28-33)27-25(31)23-12-10-21(11-13-23)5-3-2-4-20-6-8-22(9-7-20)18-29-14-16-34-17-15-29/h2-13,19,24,30,33H,14-18H2,1H3,(H,27,31)(H,28,32). The fourth-order valence-corrected chi connectivity index (χ4v) is 3.53. The molecule has 4 N–H and O–H groups in total. The third-order valence-electron chi connectivity index (χ3n) is 5.51. The second-order valence-electron chi connectivity index (χ2n) is 8.14. The lowest BCUT2D eigenvalue weighted by Crippen LogP contribution is -2.51. The van der Waals surface area contributed by atoms with Crippen molar-refractivity contribution in [1.82, 2.24) is 15.7 Å². The topological polar surface area (TPSA) is 111 Å². The van der Waals surface area contributed by atoms with Gasteiger partial charge in [-0.25, -0.2) is 5.48 Å². The predicted molar refractivity (Wildman–Crippen MR) is 130 cm³/mol. The van der Waals surface area contributed by atoms with Crippen LogP contribution in [0, 0.1) is 0 Å².